The van der Waals surface area contributed by atoms with Gasteiger partial charge < -0.3 is 9.84 Å². The number of ether oxygens (including phenoxy) is 1. The number of carbonyl (C=O) groups is 1. The van der Waals surface area contributed by atoms with Crippen molar-refractivity contribution in [1.82, 2.24) is 0 Å². The number of aromatic hydroxyl groups is 1. The quantitative estimate of drug-likeness (QED) is 0.853. The van der Waals surface area contributed by atoms with Crippen molar-refractivity contribution in [2.45, 2.75) is 19.3 Å². The molecule has 2 aromatic carbocycles. The Labute approximate surface area is 129 Å². The lowest BCUT2D eigenvalue weighted by molar-refractivity contribution is 0.0600. The SMILES string of the molecule is COC(=O)c1ccc2c(c1)CCCC=C2c1ccc(O)cc1. The van der Waals surface area contributed by atoms with Crippen LogP contribution in [-0.2, 0) is 11.2 Å². The van der Waals surface area contributed by atoms with Crippen molar-refractivity contribution < 1.29 is 14.6 Å². The van der Waals surface area contributed by atoms with Gasteiger partial charge in [0.15, 0.2) is 0 Å². The Kier molecular flexibility index (Phi) is 3.96. The predicted molar refractivity (Wildman–Crippen MR) is 85.9 cm³/mol. The third kappa shape index (κ3) is 2.75. The number of phenols is 1. The molecule has 0 heterocycles. The lowest BCUT2D eigenvalue weighted by atomic mass is 9.92. The van der Waals surface area contributed by atoms with Crippen molar-refractivity contribution in [3.63, 3.8) is 0 Å². The minimum atomic E-state index is -0.304. The van der Waals surface area contributed by atoms with Crippen molar-refractivity contribution in [2.75, 3.05) is 7.11 Å². The molecule has 0 radical (unpaired) electrons. The maximum atomic E-state index is 11.7. The average molecular weight is 294 g/mol. The van der Waals surface area contributed by atoms with Crippen LogP contribution in [0.3, 0.4) is 0 Å². The van der Waals surface area contributed by atoms with E-state index in [4.69, 9.17) is 4.74 Å². The fourth-order valence-corrected chi connectivity index (χ4v) is 2.87. The maximum Gasteiger partial charge on any atom is 0.337 e. The van der Waals surface area contributed by atoms with Gasteiger partial charge in [0.05, 0.1) is 12.7 Å². The molecule has 0 spiro atoms. The molecule has 0 bridgehead atoms. The largest absolute Gasteiger partial charge is 0.508 e. The molecule has 1 aliphatic carbocycles. The summed E-state index contributed by atoms with van der Waals surface area (Å²) in [6.07, 6.45) is 5.23. The molecule has 0 saturated carbocycles. The Morgan fingerprint density at radius 2 is 1.91 bits per heavy atom. The van der Waals surface area contributed by atoms with E-state index in [-0.39, 0.29) is 11.7 Å². The number of fused-ring (bicyclic) bond motifs is 1. The highest BCUT2D eigenvalue weighted by Gasteiger charge is 2.16. The summed E-state index contributed by atoms with van der Waals surface area (Å²) in [5.74, 6) is -0.0403. The van der Waals surface area contributed by atoms with Crippen LogP contribution in [0.1, 0.15) is 39.9 Å². The van der Waals surface area contributed by atoms with Gasteiger partial charge in [-0.3, -0.25) is 0 Å². The van der Waals surface area contributed by atoms with Crippen LogP contribution < -0.4 is 0 Å². The number of phenolic OH excluding ortho intramolecular Hbond substituents is 1. The lowest BCUT2D eigenvalue weighted by Crippen LogP contribution is -2.03. The molecule has 3 rings (SSSR count). The second kappa shape index (κ2) is 6.06. The summed E-state index contributed by atoms with van der Waals surface area (Å²) < 4.78 is 4.80. The average Bonchev–Trinajstić information content (AvgIpc) is 2.76. The number of aryl methyl sites for hydroxylation is 1. The summed E-state index contributed by atoms with van der Waals surface area (Å²) in [4.78, 5) is 11.7. The summed E-state index contributed by atoms with van der Waals surface area (Å²) in [6.45, 7) is 0. The smallest absolute Gasteiger partial charge is 0.337 e. The molecule has 22 heavy (non-hydrogen) atoms. The van der Waals surface area contributed by atoms with E-state index in [0.29, 0.717) is 5.56 Å². The van der Waals surface area contributed by atoms with Gasteiger partial charge in [-0.25, -0.2) is 4.79 Å². The number of hydrogen-bond donors (Lipinski definition) is 1. The van der Waals surface area contributed by atoms with Gasteiger partial charge in [0.25, 0.3) is 0 Å². The van der Waals surface area contributed by atoms with Gasteiger partial charge in [0, 0.05) is 0 Å². The van der Waals surface area contributed by atoms with Crippen LogP contribution in [0.4, 0.5) is 0 Å². The number of hydrogen-bond acceptors (Lipinski definition) is 3. The van der Waals surface area contributed by atoms with E-state index in [1.807, 2.05) is 30.3 Å². The zero-order valence-corrected chi connectivity index (χ0v) is 12.5. The highest BCUT2D eigenvalue weighted by atomic mass is 16.5. The highest BCUT2D eigenvalue weighted by Crippen LogP contribution is 2.32. The van der Waals surface area contributed by atoms with E-state index in [1.54, 1.807) is 12.1 Å². The lowest BCUT2D eigenvalue weighted by Gasteiger charge is -2.13. The Balaban J connectivity index is 2.06. The molecule has 0 atom stereocenters. The zero-order chi connectivity index (χ0) is 15.5. The summed E-state index contributed by atoms with van der Waals surface area (Å²) in [6, 6.07) is 13.0. The molecule has 0 unspecified atom stereocenters. The van der Waals surface area contributed by atoms with Crippen molar-refractivity contribution in [3.05, 3.63) is 70.8 Å². The fraction of sp³-hybridized carbons (Fsp3) is 0.211. The Bertz CT molecular complexity index is 727. The van der Waals surface area contributed by atoms with E-state index in [9.17, 15) is 9.90 Å². The van der Waals surface area contributed by atoms with Gasteiger partial charge in [-0.05, 0) is 65.8 Å². The van der Waals surface area contributed by atoms with E-state index in [2.05, 4.69) is 6.08 Å². The van der Waals surface area contributed by atoms with Crippen molar-refractivity contribution >= 4 is 11.5 Å². The summed E-state index contributed by atoms with van der Waals surface area (Å²) >= 11 is 0. The number of esters is 1. The topological polar surface area (TPSA) is 46.5 Å². The Hall–Kier alpha value is -2.55. The van der Waals surface area contributed by atoms with E-state index >= 15 is 0 Å². The van der Waals surface area contributed by atoms with Crippen LogP contribution in [0, 0.1) is 0 Å². The molecule has 0 saturated heterocycles. The van der Waals surface area contributed by atoms with Crippen LogP contribution in [0.5, 0.6) is 5.75 Å². The third-order valence-electron chi connectivity index (χ3n) is 3.99. The molecule has 0 aromatic heterocycles. The van der Waals surface area contributed by atoms with E-state index in [0.717, 1.165) is 36.0 Å². The molecular formula is C19H18O3. The van der Waals surface area contributed by atoms with Gasteiger partial charge >= 0.3 is 5.97 Å². The highest BCUT2D eigenvalue weighted by molar-refractivity contribution is 5.91. The first-order chi connectivity index (χ1) is 10.7. The number of benzene rings is 2. The molecule has 1 aliphatic rings. The number of allylic oxidation sites excluding steroid dienone is 1. The second-order valence-electron chi connectivity index (χ2n) is 5.42. The van der Waals surface area contributed by atoms with Crippen LogP contribution >= 0.6 is 0 Å². The molecule has 3 nitrogen and oxygen atoms in total. The minimum absolute atomic E-state index is 0.263. The van der Waals surface area contributed by atoms with Crippen LogP contribution in [-0.4, -0.2) is 18.2 Å². The molecule has 3 heteroatoms. The number of carbonyl (C=O) groups excluding carboxylic acids is 1. The van der Waals surface area contributed by atoms with Crippen molar-refractivity contribution in [3.8, 4) is 5.75 Å². The molecule has 0 aliphatic heterocycles. The Morgan fingerprint density at radius 1 is 1.14 bits per heavy atom. The third-order valence-corrected chi connectivity index (χ3v) is 3.99. The normalized spacial score (nSPS) is 13.8. The molecule has 2 aromatic rings. The first-order valence-corrected chi connectivity index (χ1v) is 7.40. The van der Waals surface area contributed by atoms with Gasteiger partial charge in [-0.1, -0.05) is 24.3 Å². The minimum Gasteiger partial charge on any atom is -0.508 e. The molecular weight excluding hydrogens is 276 g/mol. The molecule has 112 valence electrons. The monoisotopic (exact) mass is 294 g/mol. The standard InChI is InChI=1S/C19H18O3/c1-22-19(21)15-8-11-18-14(12-15)4-2-3-5-17(18)13-6-9-16(20)10-7-13/h5-12,20H,2-4H2,1H3. The summed E-state index contributed by atoms with van der Waals surface area (Å²) in [5, 5.41) is 9.46. The molecule has 1 N–H and O–H groups in total. The van der Waals surface area contributed by atoms with Gasteiger partial charge in [0.1, 0.15) is 5.75 Å². The van der Waals surface area contributed by atoms with Crippen LogP contribution in [0.25, 0.3) is 5.57 Å². The maximum absolute atomic E-state index is 11.7. The first kappa shape index (κ1) is 14.4. The van der Waals surface area contributed by atoms with E-state index < -0.39 is 0 Å². The second-order valence-corrected chi connectivity index (χ2v) is 5.42. The Morgan fingerprint density at radius 3 is 2.64 bits per heavy atom. The zero-order valence-electron chi connectivity index (χ0n) is 12.5. The van der Waals surface area contributed by atoms with Crippen molar-refractivity contribution in [2.24, 2.45) is 0 Å². The van der Waals surface area contributed by atoms with Crippen molar-refractivity contribution in [1.29, 1.82) is 0 Å². The summed E-state index contributed by atoms with van der Waals surface area (Å²) in [5.41, 5.74) is 5.14. The van der Waals surface area contributed by atoms with Crippen LogP contribution in [0.2, 0.25) is 0 Å². The van der Waals surface area contributed by atoms with Gasteiger partial charge in [-0.2, -0.15) is 0 Å². The summed E-state index contributed by atoms with van der Waals surface area (Å²) in [7, 11) is 1.40. The van der Waals surface area contributed by atoms with Gasteiger partial charge in [-0.15, -0.1) is 0 Å². The van der Waals surface area contributed by atoms with Gasteiger partial charge in [0.2, 0.25) is 0 Å². The molecule has 0 amide bonds. The van der Waals surface area contributed by atoms with Crippen LogP contribution in [0.15, 0.2) is 48.5 Å². The fourth-order valence-electron chi connectivity index (χ4n) is 2.87. The van der Waals surface area contributed by atoms with E-state index in [1.165, 1.54) is 12.7 Å². The predicted octanol–water partition coefficient (Wildman–Crippen LogP) is 3.95. The molecule has 0 fully saturated rings. The number of methoxy groups -OCH3 is 1. The first-order valence-electron chi connectivity index (χ1n) is 7.40. The number of rotatable bonds is 2.